The van der Waals surface area contributed by atoms with Gasteiger partial charge in [-0.2, -0.15) is 0 Å². The van der Waals surface area contributed by atoms with Gasteiger partial charge in [-0.1, -0.05) is 6.42 Å². The van der Waals surface area contributed by atoms with E-state index in [1.54, 1.807) is 0 Å². The Labute approximate surface area is 145 Å². The van der Waals surface area contributed by atoms with Crippen molar-refractivity contribution in [1.82, 2.24) is 0 Å². The molecule has 1 aliphatic heterocycles. The monoisotopic (exact) mass is 340 g/mol. The van der Waals surface area contributed by atoms with E-state index >= 15 is 0 Å². The first-order valence-electron chi connectivity index (χ1n) is 9.08. The van der Waals surface area contributed by atoms with Gasteiger partial charge in [-0.05, 0) is 66.2 Å². The van der Waals surface area contributed by atoms with Gasteiger partial charge in [0.25, 0.3) is 0 Å². The zero-order valence-corrected chi connectivity index (χ0v) is 15.7. The first-order chi connectivity index (χ1) is 11.1. The van der Waals surface area contributed by atoms with Crippen LogP contribution in [0.5, 0.6) is 0 Å². The Balaban J connectivity index is 1.84. The van der Waals surface area contributed by atoms with Gasteiger partial charge in [0.15, 0.2) is 0 Å². The lowest BCUT2D eigenvalue weighted by molar-refractivity contribution is -0.183. The first kappa shape index (κ1) is 19.2. The van der Waals surface area contributed by atoms with Crippen molar-refractivity contribution in [3.8, 4) is 0 Å². The molecule has 0 aromatic heterocycles. The summed E-state index contributed by atoms with van der Waals surface area (Å²) in [5.41, 5.74) is -0.989. The molecule has 1 heterocycles. The molecule has 138 valence electrons. The summed E-state index contributed by atoms with van der Waals surface area (Å²) in [6.07, 6.45) is 4.53. The summed E-state index contributed by atoms with van der Waals surface area (Å²) in [7, 11) is 0. The molecule has 2 unspecified atom stereocenters. The van der Waals surface area contributed by atoms with Crippen LogP contribution in [-0.2, 0) is 23.8 Å². The number of carbonyl (C=O) groups is 2. The lowest BCUT2D eigenvalue weighted by Gasteiger charge is -2.35. The third-order valence-corrected chi connectivity index (χ3v) is 4.85. The Bertz CT molecular complexity index is 459. The molecule has 5 heteroatoms. The highest BCUT2D eigenvalue weighted by atomic mass is 16.6. The van der Waals surface area contributed by atoms with Crippen LogP contribution in [0.3, 0.4) is 0 Å². The van der Waals surface area contributed by atoms with E-state index in [1.807, 2.05) is 34.6 Å². The van der Waals surface area contributed by atoms with Crippen molar-refractivity contribution >= 4 is 11.9 Å². The smallest absolute Gasteiger partial charge is 0.311 e. The van der Waals surface area contributed by atoms with Crippen LogP contribution in [0.2, 0.25) is 0 Å². The zero-order chi connectivity index (χ0) is 18.0. The van der Waals surface area contributed by atoms with Crippen LogP contribution >= 0.6 is 0 Å². The Morgan fingerprint density at radius 1 is 0.958 bits per heavy atom. The van der Waals surface area contributed by atoms with Gasteiger partial charge in [0, 0.05) is 0 Å². The van der Waals surface area contributed by atoms with Crippen LogP contribution in [0.4, 0.5) is 0 Å². The summed E-state index contributed by atoms with van der Waals surface area (Å²) in [4.78, 5) is 24.5. The fourth-order valence-corrected chi connectivity index (χ4v) is 3.26. The van der Waals surface area contributed by atoms with Gasteiger partial charge < -0.3 is 14.2 Å². The average molecular weight is 340 g/mol. The van der Waals surface area contributed by atoms with Crippen LogP contribution in [0.1, 0.15) is 66.7 Å². The Kier molecular flexibility index (Phi) is 5.95. The quantitative estimate of drug-likeness (QED) is 0.717. The standard InChI is InChI=1S/C19H32O5/c1-18(2,3)16(20)23-14-8-6-7-13(9-14)10-19(4,5)17(21)24-15-11-22-12-15/h13-15H,6-12H2,1-5H3. The van der Waals surface area contributed by atoms with E-state index in [9.17, 15) is 9.59 Å². The molecule has 1 saturated carbocycles. The van der Waals surface area contributed by atoms with Crippen molar-refractivity contribution < 1.29 is 23.8 Å². The minimum absolute atomic E-state index is 0.0256. The van der Waals surface area contributed by atoms with Crippen LogP contribution in [0.15, 0.2) is 0 Å². The van der Waals surface area contributed by atoms with Crippen LogP contribution in [0.25, 0.3) is 0 Å². The van der Waals surface area contributed by atoms with E-state index < -0.39 is 10.8 Å². The highest BCUT2D eigenvalue weighted by molar-refractivity contribution is 5.76. The second-order valence-corrected chi connectivity index (χ2v) is 8.96. The van der Waals surface area contributed by atoms with Gasteiger partial charge in [-0.3, -0.25) is 9.59 Å². The second-order valence-electron chi connectivity index (χ2n) is 8.96. The number of carbonyl (C=O) groups excluding carboxylic acids is 2. The van der Waals surface area contributed by atoms with Gasteiger partial charge in [0.2, 0.25) is 0 Å². The van der Waals surface area contributed by atoms with E-state index in [2.05, 4.69) is 0 Å². The second kappa shape index (κ2) is 7.42. The summed E-state index contributed by atoms with van der Waals surface area (Å²) in [5.74, 6) is 0.0955. The maximum atomic E-state index is 12.4. The zero-order valence-electron chi connectivity index (χ0n) is 15.7. The van der Waals surface area contributed by atoms with Crippen molar-refractivity contribution in [3.63, 3.8) is 0 Å². The lowest BCUT2D eigenvalue weighted by atomic mass is 9.75. The molecule has 2 aliphatic rings. The SMILES string of the molecule is CC(C)(C)C(=O)OC1CCCC(CC(C)(C)C(=O)OC2COC2)C1. The molecule has 0 aromatic carbocycles. The van der Waals surface area contributed by atoms with Gasteiger partial charge in [-0.15, -0.1) is 0 Å². The van der Waals surface area contributed by atoms with Crippen LogP contribution in [0, 0.1) is 16.7 Å². The topological polar surface area (TPSA) is 61.8 Å². The highest BCUT2D eigenvalue weighted by Gasteiger charge is 2.38. The van der Waals surface area contributed by atoms with E-state index in [4.69, 9.17) is 14.2 Å². The molecule has 0 N–H and O–H groups in total. The van der Waals surface area contributed by atoms with Crippen molar-refractivity contribution in [2.24, 2.45) is 16.7 Å². The number of rotatable bonds is 5. The predicted octanol–water partition coefficient (Wildman–Crippen LogP) is 3.49. The van der Waals surface area contributed by atoms with E-state index in [-0.39, 0.29) is 24.1 Å². The number of hydrogen-bond donors (Lipinski definition) is 0. The Morgan fingerprint density at radius 2 is 1.58 bits per heavy atom. The van der Waals surface area contributed by atoms with Crippen LogP contribution in [-0.4, -0.2) is 37.4 Å². The lowest BCUT2D eigenvalue weighted by Crippen LogP contribution is -2.42. The van der Waals surface area contributed by atoms with Crippen molar-refractivity contribution in [1.29, 1.82) is 0 Å². The molecular weight excluding hydrogens is 308 g/mol. The maximum Gasteiger partial charge on any atom is 0.311 e. The highest BCUT2D eigenvalue weighted by Crippen LogP contribution is 2.37. The third-order valence-electron chi connectivity index (χ3n) is 4.85. The molecule has 0 radical (unpaired) electrons. The molecule has 0 amide bonds. The molecule has 2 atom stereocenters. The van der Waals surface area contributed by atoms with Crippen molar-refractivity contribution in [2.75, 3.05) is 13.2 Å². The minimum atomic E-state index is -0.518. The predicted molar refractivity (Wildman–Crippen MR) is 90.4 cm³/mol. The Morgan fingerprint density at radius 3 is 2.12 bits per heavy atom. The molecule has 0 bridgehead atoms. The summed E-state index contributed by atoms with van der Waals surface area (Å²) >= 11 is 0. The minimum Gasteiger partial charge on any atom is -0.462 e. The van der Waals surface area contributed by atoms with Crippen molar-refractivity contribution in [2.45, 2.75) is 78.9 Å². The molecule has 1 aliphatic carbocycles. The summed E-state index contributed by atoms with van der Waals surface area (Å²) in [6.45, 7) is 10.5. The van der Waals surface area contributed by atoms with Gasteiger partial charge in [0.05, 0.1) is 24.0 Å². The molecule has 0 spiro atoms. The fourth-order valence-electron chi connectivity index (χ4n) is 3.26. The molecule has 5 nitrogen and oxygen atoms in total. The van der Waals surface area contributed by atoms with Gasteiger partial charge in [0.1, 0.15) is 12.2 Å². The Hall–Kier alpha value is -1.10. The van der Waals surface area contributed by atoms with E-state index in [0.717, 1.165) is 32.1 Å². The van der Waals surface area contributed by atoms with Gasteiger partial charge >= 0.3 is 11.9 Å². The summed E-state index contributed by atoms with van der Waals surface area (Å²) in [6, 6.07) is 0. The normalized spacial score (nSPS) is 25.7. The molecule has 2 rings (SSSR count). The molecule has 2 fully saturated rings. The molecule has 0 aromatic rings. The first-order valence-corrected chi connectivity index (χ1v) is 9.08. The van der Waals surface area contributed by atoms with Crippen LogP contribution < -0.4 is 0 Å². The maximum absolute atomic E-state index is 12.4. The molecule has 1 saturated heterocycles. The van der Waals surface area contributed by atoms with Crippen molar-refractivity contribution in [3.05, 3.63) is 0 Å². The van der Waals surface area contributed by atoms with E-state index in [0.29, 0.717) is 19.1 Å². The molecule has 24 heavy (non-hydrogen) atoms. The third kappa shape index (κ3) is 5.20. The van der Waals surface area contributed by atoms with E-state index in [1.165, 1.54) is 0 Å². The molecular formula is C19H32O5. The average Bonchev–Trinajstić information content (AvgIpc) is 2.41. The fraction of sp³-hybridized carbons (Fsp3) is 0.895. The van der Waals surface area contributed by atoms with Gasteiger partial charge in [-0.25, -0.2) is 0 Å². The number of hydrogen-bond acceptors (Lipinski definition) is 5. The summed E-state index contributed by atoms with van der Waals surface area (Å²) in [5, 5.41) is 0. The largest absolute Gasteiger partial charge is 0.462 e. The number of ether oxygens (including phenoxy) is 3. The number of esters is 2. The summed E-state index contributed by atoms with van der Waals surface area (Å²) < 4.78 is 16.2.